The zero-order valence-electron chi connectivity index (χ0n) is 14.1. The molecule has 0 aliphatic carbocycles. The molecule has 0 heterocycles. The van der Waals surface area contributed by atoms with Gasteiger partial charge >= 0.3 is 0 Å². The van der Waals surface area contributed by atoms with E-state index < -0.39 is 27.6 Å². The van der Waals surface area contributed by atoms with Gasteiger partial charge in [0.25, 0.3) is 5.91 Å². The minimum Gasteiger partial charge on any atom is -0.322 e. The van der Waals surface area contributed by atoms with Crippen molar-refractivity contribution in [1.29, 1.82) is 0 Å². The number of benzene rings is 2. The summed E-state index contributed by atoms with van der Waals surface area (Å²) < 4.78 is 52.8. The first-order valence-electron chi connectivity index (χ1n) is 7.70. The normalized spacial score (nSPS) is 11.3. The van der Waals surface area contributed by atoms with Crippen LogP contribution in [-0.4, -0.2) is 20.1 Å². The van der Waals surface area contributed by atoms with Crippen LogP contribution in [0.2, 0.25) is 5.02 Å². The molecule has 0 aliphatic rings. The van der Waals surface area contributed by atoms with Gasteiger partial charge < -0.3 is 5.32 Å². The van der Waals surface area contributed by atoms with Crippen LogP contribution in [-0.2, 0) is 10.0 Å². The quantitative estimate of drug-likeness (QED) is 0.706. The van der Waals surface area contributed by atoms with Gasteiger partial charge in [0, 0.05) is 5.69 Å². The van der Waals surface area contributed by atoms with E-state index in [-0.39, 0.29) is 16.3 Å². The molecule has 0 fully saturated rings. The Morgan fingerprint density at radius 3 is 2.42 bits per heavy atom. The number of carbonyl (C=O) groups is 1. The zero-order valence-corrected chi connectivity index (χ0v) is 15.6. The van der Waals surface area contributed by atoms with Gasteiger partial charge in [0.15, 0.2) is 11.6 Å². The van der Waals surface area contributed by atoms with Gasteiger partial charge in [-0.05, 0) is 43.2 Å². The van der Waals surface area contributed by atoms with Crippen LogP contribution in [0.15, 0.2) is 30.3 Å². The lowest BCUT2D eigenvalue weighted by atomic mass is 10.1. The van der Waals surface area contributed by atoms with E-state index in [2.05, 4.69) is 10.0 Å². The zero-order chi connectivity index (χ0) is 19.5. The van der Waals surface area contributed by atoms with Crippen molar-refractivity contribution in [3.05, 3.63) is 58.1 Å². The second kappa shape index (κ2) is 8.01. The highest BCUT2D eigenvalue weighted by Gasteiger charge is 2.17. The summed E-state index contributed by atoms with van der Waals surface area (Å²) in [6, 6.07) is 6.09. The van der Waals surface area contributed by atoms with Gasteiger partial charge in [0.1, 0.15) is 0 Å². The van der Waals surface area contributed by atoms with E-state index in [1.165, 1.54) is 0 Å². The second-order valence-electron chi connectivity index (χ2n) is 5.60. The van der Waals surface area contributed by atoms with Crippen LogP contribution < -0.4 is 10.0 Å². The molecule has 0 atom stereocenters. The Balaban J connectivity index is 2.29. The van der Waals surface area contributed by atoms with Crippen LogP contribution in [0.25, 0.3) is 0 Å². The molecular weight excluding hydrogens is 386 g/mol. The molecule has 0 aromatic heterocycles. The molecule has 5 nitrogen and oxygen atoms in total. The van der Waals surface area contributed by atoms with Gasteiger partial charge in [0.05, 0.1) is 22.0 Å². The molecule has 0 unspecified atom stereocenters. The van der Waals surface area contributed by atoms with Crippen molar-refractivity contribution in [1.82, 2.24) is 0 Å². The van der Waals surface area contributed by atoms with Gasteiger partial charge in [0.2, 0.25) is 10.0 Å². The Hall–Kier alpha value is -2.19. The third kappa shape index (κ3) is 4.70. The Morgan fingerprint density at radius 2 is 1.77 bits per heavy atom. The van der Waals surface area contributed by atoms with E-state index >= 15 is 0 Å². The fourth-order valence-electron chi connectivity index (χ4n) is 2.26. The first kappa shape index (κ1) is 20.1. The van der Waals surface area contributed by atoms with Gasteiger partial charge in [-0.1, -0.05) is 24.6 Å². The highest BCUT2D eigenvalue weighted by Crippen LogP contribution is 2.26. The lowest BCUT2D eigenvalue weighted by Gasteiger charge is -2.14. The maximum Gasteiger partial charge on any atom is 0.257 e. The predicted octanol–water partition coefficient (Wildman–Crippen LogP) is 4.33. The maximum absolute atomic E-state index is 13.4. The lowest BCUT2D eigenvalue weighted by molar-refractivity contribution is 0.102. The number of rotatable bonds is 6. The molecule has 0 saturated heterocycles. The van der Waals surface area contributed by atoms with E-state index in [0.29, 0.717) is 35.5 Å². The average Bonchev–Trinajstić information content (AvgIpc) is 2.54. The predicted molar refractivity (Wildman–Crippen MR) is 98.2 cm³/mol. The first-order valence-corrected chi connectivity index (χ1v) is 9.73. The monoisotopic (exact) mass is 402 g/mol. The molecule has 0 radical (unpaired) electrons. The molecular formula is C17H17ClF2N2O3S. The first-order chi connectivity index (χ1) is 12.1. The summed E-state index contributed by atoms with van der Waals surface area (Å²) >= 11 is 5.80. The molecule has 0 aliphatic heterocycles. The number of hydrogen-bond acceptors (Lipinski definition) is 3. The third-order valence-corrected chi connectivity index (χ3v) is 5.36. The van der Waals surface area contributed by atoms with Gasteiger partial charge in [-0.2, -0.15) is 0 Å². The van der Waals surface area contributed by atoms with Crippen molar-refractivity contribution in [2.75, 3.05) is 15.8 Å². The summed E-state index contributed by atoms with van der Waals surface area (Å²) in [4.78, 5) is 12.3. The standard InChI is InChI=1S/C17H17ClF2N2O3S/c1-3-7-26(24,25)22-16-6-4-5-15(10(16)2)21-17(23)11-8-13(19)14(20)9-12(11)18/h4-6,8-9,22H,3,7H2,1-2H3,(H,21,23). The number of anilines is 2. The molecule has 9 heteroatoms. The number of hydrogen-bond donors (Lipinski definition) is 2. The van der Waals surface area contributed by atoms with Crippen LogP contribution in [0.1, 0.15) is 29.3 Å². The molecule has 1 amide bonds. The van der Waals surface area contributed by atoms with Gasteiger partial charge in [-0.3, -0.25) is 9.52 Å². The second-order valence-corrected chi connectivity index (χ2v) is 7.85. The van der Waals surface area contributed by atoms with Crippen LogP contribution in [0.3, 0.4) is 0 Å². The summed E-state index contributed by atoms with van der Waals surface area (Å²) in [5.74, 6) is -3.13. The molecule has 2 rings (SSSR count). The minimum atomic E-state index is -3.50. The number of amides is 1. The third-order valence-electron chi connectivity index (χ3n) is 3.57. The Morgan fingerprint density at radius 1 is 1.15 bits per heavy atom. The van der Waals surface area contributed by atoms with Gasteiger partial charge in [-0.25, -0.2) is 17.2 Å². The summed E-state index contributed by atoms with van der Waals surface area (Å²) in [6.45, 7) is 3.36. The SMILES string of the molecule is CCCS(=O)(=O)Nc1cccc(NC(=O)c2cc(F)c(F)cc2Cl)c1C. The molecule has 140 valence electrons. The average molecular weight is 403 g/mol. The van der Waals surface area contributed by atoms with Crippen molar-refractivity contribution in [2.45, 2.75) is 20.3 Å². The number of sulfonamides is 1. The van der Waals surface area contributed by atoms with Crippen LogP contribution in [0.5, 0.6) is 0 Å². The van der Waals surface area contributed by atoms with Crippen molar-refractivity contribution in [3.8, 4) is 0 Å². The van der Waals surface area contributed by atoms with E-state index in [9.17, 15) is 22.0 Å². The summed E-state index contributed by atoms with van der Waals surface area (Å²) in [5, 5.41) is 2.29. The molecule has 0 bridgehead atoms. The van der Waals surface area contributed by atoms with E-state index in [0.717, 1.165) is 0 Å². The molecule has 2 aromatic rings. The molecule has 26 heavy (non-hydrogen) atoms. The highest BCUT2D eigenvalue weighted by molar-refractivity contribution is 7.92. The summed E-state index contributed by atoms with van der Waals surface area (Å²) in [6.07, 6.45) is 0.458. The highest BCUT2D eigenvalue weighted by atomic mass is 35.5. The largest absolute Gasteiger partial charge is 0.322 e. The number of halogens is 3. The van der Waals surface area contributed by atoms with Crippen molar-refractivity contribution in [3.63, 3.8) is 0 Å². The van der Waals surface area contributed by atoms with E-state index in [1.54, 1.807) is 32.0 Å². The number of carbonyl (C=O) groups excluding carboxylic acids is 1. The smallest absolute Gasteiger partial charge is 0.257 e. The minimum absolute atomic E-state index is 0.0342. The Labute approximate surface area is 155 Å². The topological polar surface area (TPSA) is 75.3 Å². The van der Waals surface area contributed by atoms with Crippen LogP contribution in [0.4, 0.5) is 20.2 Å². The molecule has 2 aromatic carbocycles. The van der Waals surface area contributed by atoms with Crippen LogP contribution >= 0.6 is 11.6 Å². The van der Waals surface area contributed by atoms with E-state index in [1.807, 2.05) is 0 Å². The van der Waals surface area contributed by atoms with Crippen molar-refractivity contribution < 1.29 is 22.0 Å². The van der Waals surface area contributed by atoms with Gasteiger partial charge in [-0.15, -0.1) is 0 Å². The number of nitrogens with one attached hydrogen (secondary N) is 2. The summed E-state index contributed by atoms with van der Waals surface area (Å²) in [5.41, 5.74) is 0.862. The molecule has 2 N–H and O–H groups in total. The fraction of sp³-hybridized carbons (Fsp3) is 0.235. The Kier molecular flexibility index (Phi) is 6.20. The fourth-order valence-corrected chi connectivity index (χ4v) is 3.69. The molecule has 0 spiro atoms. The van der Waals surface area contributed by atoms with Crippen molar-refractivity contribution in [2.24, 2.45) is 0 Å². The molecule has 0 saturated carbocycles. The van der Waals surface area contributed by atoms with Crippen molar-refractivity contribution >= 4 is 38.9 Å². The van der Waals surface area contributed by atoms with E-state index in [4.69, 9.17) is 11.6 Å². The van der Waals surface area contributed by atoms with Crippen LogP contribution in [0, 0.1) is 18.6 Å². The summed E-state index contributed by atoms with van der Waals surface area (Å²) in [7, 11) is -3.50. The maximum atomic E-state index is 13.4. The Bertz CT molecular complexity index is 949. The lowest BCUT2D eigenvalue weighted by Crippen LogP contribution is -2.18.